The zero-order valence-electron chi connectivity index (χ0n) is 10.7. The highest BCUT2D eigenvalue weighted by Gasteiger charge is 2.10. The number of amides is 1. The lowest BCUT2D eigenvalue weighted by molar-refractivity contribution is 0.0900. The van der Waals surface area contributed by atoms with Crippen LogP contribution in [0.15, 0.2) is 24.3 Å². The average molecular weight is 246 g/mol. The van der Waals surface area contributed by atoms with Crippen molar-refractivity contribution in [1.82, 2.24) is 5.32 Å². The molecule has 0 aliphatic carbocycles. The van der Waals surface area contributed by atoms with Gasteiger partial charge in [0.15, 0.2) is 0 Å². The molecule has 2 N–H and O–H groups in total. The molecule has 18 heavy (non-hydrogen) atoms. The molecular weight excluding hydrogens is 228 g/mol. The van der Waals surface area contributed by atoms with E-state index in [1.807, 2.05) is 19.9 Å². The van der Waals surface area contributed by atoms with E-state index >= 15 is 0 Å². The van der Waals surface area contributed by atoms with Crippen LogP contribution in [0.25, 0.3) is 0 Å². The fourth-order valence-corrected chi connectivity index (χ4v) is 1.67. The van der Waals surface area contributed by atoms with Crippen LogP contribution in [0.5, 0.6) is 0 Å². The van der Waals surface area contributed by atoms with Crippen LogP contribution in [-0.2, 0) is 0 Å². The Labute approximate surface area is 107 Å². The molecule has 0 saturated carbocycles. The maximum Gasteiger partial charge on any atom is 0.251 e. The first-order valence-corrected chi connectivity index (χ1v) is 5.99. The molecule has 1 rings (SSSR count). The average Bonchev–Trinajstić information content (AvgIpc) is 2.35. The SMILES string of the molecule is CC(C)CC(O)CNC(=O)c1cccc(C#N)c1. The number of aliphatic hydroxyl groups excluding tert-OH is 1. The van der Waals surface area contributed by atoms with Crippen LogP contribution >= 0.6 is 0 Å². The Hall–Kier alpha value is -1.86. The van der Waals surface area contributed by atoms with Crippen molar-refractivity contribution in [2.24, 2.45) is 5.92 Å². The molecule has 0 radical (unpaired) electrons. The molecule has 4 heteroatoms. The van der Waals surface area contributed by atoms with E-state index in [2.05, 4.69) is 5.32 Å². The number of carbonyl (C=O) groups is 1. The smallest absolute Gasteiger partial charge is 0.251 e. The highest BCUT2D eigenvalue weighted by molar-refractivity contribution is 5.94. The molecule has 4 nitrogen and oxygen atoms in total. The molecule has 0 spiro atoms. The van der Waals surface area contributed by atoms with Crippen molar-refractivity contribution in [3.05, 3.63) is 35.4 Å². The quantitative estimate of drug-likeness (QED) is 0.830. The number of nitriles is 1. The van der Waals surface area contributed by atoms with E-state index in [9.17, 15) is 9.90 Å². The number of aliphatic hydroxyl groups is 1. The van der Waals surface area contributed by atoms with Crippen LogP contribution in [0.2, 0.25) is 0 Å². The van der Waals surface area contributed by atoms with Gasteiger partial charge in [-0.2, -0.15) is 5.26 Å². The highest BCUT2D eigenvalue weighted by Crippen LogP contribution is 2.06. The van der Waals surface area contributed by atoms with Gasteiger partial charge in [-0.25, -0.2) is 0 Å². The number of rotatable bonds is 5. The Bertz CT molecular complexity index is 449. The number of nitrogens with zero attached hydrogens (tertiary/aromatic N) is 1. The van der Waals surface area contributed by atoms with Crippen molar-refractivity contribution in [3.63, 3.8) is 0 Å². The van der Waals surface area contributed by atoms with Crippen molar-refractivity contribution in [3.8, 4) is 6.07 Å². The molecule has 1 aromatic rings. The van der Waals surface area contributed by atoms with E-state index in [-0.39, 0.29) is 12.5 Å². The van der Waals surface area contributed by atoms with Gasteiger partial charge >= 0.3 is 0 Å². The number of nitrogens with one attached hydrogen (secondary N) is 1. The monoisotopic (exact) mass is 246 g/mol. The van der Waals surface area contributed by atoms with Crippen LogP contribution in [0.4, 0.5) is 0 Å². The first kappa shape index (κ1) is 14.2. The third-order valence-electron chi connectivity index (χ3n) is 2.50. The van der Waals surface area contributed by atoms with Gasteiger partial charge in [0.1, 0.15) is 0 Å². The van der Waals surface area contributed by atoms with Gasteiger partial charge in [0, 0.05) is 12.1 Å². The fraction of sp³-hybridized carbons (Fsp3) is 0.429. The lowest BCUT2D eigenvalue weighted by Gasteiger charge is -2.13. The fourth-order valence-electron chi connectivity index (χ4n) is 1.67. The second kappa shape index (κ2) is 6.77. The van der Waals surface area contributed by atoms with Crippen LogP contribution in [0.3, 0.4) is 0 Å². The molecule has 0 fully saturated rings. The van der Waals surface area contributed by atoms with Gasteiger partial charge < -0.3 is 10.4 Å². The maximum absolute atomic E-state index is 11.8. The largest absolute Gasteiger partial charge is 0.391 e. The molecule has 0 aliphatic rings. The Kier molecular flexibility index (Phi) is 5.34. The second-order valence-electron chi connectivity index (χ2n) is 4.69. The summed E-state index contributed by atoms with van der Waals surface area (Å²) in [4.78, 5) is 11.8. The third kappa shape index (κ3) is 4.56. The van der Waals surface area contributed by atoms with Crippen molar-refractivity contribution in [2.45, 2.75) is 26.4 Å². The molecule has 0 heterocycles. The minimum atomic E-state index is -0.534. The van der Waals surface area contributed by atoms with Gasteiger partial charge in [0.2, 0.25) is 0 Å². The Balaban J connectivity index is 2.53. The normalized spacial score (nSPS) is 11.9. The van der Waals surface area contributed by atoms with E-state index in [0.29, 0.717) is 23.5 Å². The molecule has 96 valence electrons. The van der Waals surface area contributed by atoms with Gasteiger partial charge in [-0.05, 0) is 30.5 Å². The Morgan fingerprint density at radius 2 is 2.22 bits per heavy atom. The summed E-state index contributed by atoms with van der Waals surface area (Å²) < 4.78 is 0. The minimum Gasteiger partial charge on any atom is -0.391 e. The predicted molar refractivity (Wildman–Crippen MR) is 69.0 cm³/mol. The van der Waals surface area contributed by atoms with E-state index in [1.165, 1.54) is 6.07 Å². The van der Waals surface area contributed by atoms with Gasteiger partial charge in [0.25, 0.3) is 5.91 Å². The van der Waals surface area contributed by atoms with E-state index in [1.54, 1.807) is 18.2 Å². The van der Waals surface area contributed by atoms with Crippen molar-refractivity contribution in [2.75, 3.05) is 6.54 Å². The summed E-state index contributed by atoms with van der Waals surface area (Å²) in [7, 11) is 0. The van der Waals surface area contributed by atoms with Crippen LogP contribution in [0, 0.1) is 17.2 Å². The molecule has 0 bridgehead atoms. The molecule has 0 aliphatic heterocycles. The molecule has 1 unspecified atom stereocenters. The summed E-state index contributed by atoms with van der Waals surface area (Å²) >= 11 is 0. The van der Waals surface area contributed by atoms with Gasteiger partial charge in [-0.3, -0.25) is 4.79 Å². The number of hydrogen-bond donors (Lipinski definition) is 2. The van der Waals surface area contributed by atoms with Crippen molar-refractivity contribution < 1.29 is 9.90 Å². The lowest BCUT2D eigenvalue weighted by Crippen LogP contribution is -2.32. The topological polar surface area (TPSA) is 73.1 Å². The Morgan fingerprint density at radius 1 is 1.50 bits per heavy atom. The molecular formula is C14H18N2O2. The number of carbonyl (C=O) groups excluding carboxylic acids is 1. The number of benzene rings is 1. The molecule has 1 amide bonds. The summed E-state index contributed by atoms with van der Waals surface area (Å²) in [6, 6.07) is 8.47. The lowest BCUT2D eigenvalue weighted by atomic mass is 10.1. The Morgan fingerprint density at radius 3 is 2.83 bits per heavy atom. The number of hydrogen-bond acceptors (Lipinski definition) is 3. The third-order valence-corrected chi connectivity index (χ3v) is 2.50. The van der Waals surface area contributed by atoms with Crippen LogP contribution < -0.4 is 5.32 Å². The summed E-state index contributed by atoms with van der Waals surface area (Å²) in [6.07, 6.45) is 0.117. The van der Waals surface area contributed by atoms with E-state index < -0.39 is 6.10 Å². The van der Waals surface area contributed by atoms with Gasteiger partial charge in [-0.1, -0.05) is 19.9 Å². The maximum atomic E-state index is 11.8. The summed E-state index contributed by atoms with van der Waals surface area (Å²) in [5, 5.41) is 21.0. The zero-order chi connectivity index (χ0) is 13.5. The van der Waals surface area contributed by atoms with Crippen LogP contribution in [0.1, 0.15) is 36.2 Å². The summed E-state index contributed by atoms with van der Waals surface area (Å²) in [6.45, 7) is 4.26. The second-order valence-corrected chi connectivity index (χ2v) is 4.69. The van der Waals surface area contributed by atoms with Crippen molar-refractivity contribution >= 4 is 5.91 Å². The first-order valence-electron chi connectivity index (χ1n) is 5.99. The van der Waals surface area contributed by atoms with Gasteiger partial charge in [0.05, 0.1) is 17.7 Å². The van der Waals surface area contributed by atoms with E-state index in [0.717, 1.165) is 0 Å². The predicted octanol–water partition coefficient (Wildman–Crippen LogP) is 1.70. The molecule has 0 saturated heterocycles. The van der Waals surface area contributed by atoms with Crippen molar-refractivity contribution in [1.29, 1.82) is 5.26 Å². The molecule has 1 aromatic carbocycles. The standard InChI is InChI=1S/C14H18N2O2/c1-10(2)6-13(17)9-16-14(18)12-5-3-4-11(7-12)8-15/h3-5,7,10,13,17H,6,9H2,1-2H3,(H,16,18). The summed E-state index contributed by atoms with van der Waals surface area (Å²) in [5.41, 5.74) is 0.885. The molecule has 0 aromatic heterocycles. The van der Waals surface area contributed by atoms with E-state index in [4.69, 9.17) is 5.26 Å². The molecule has 1 atom stereocenters. The highest BCUT2D eigenvalue weighted by atomic mass is 16.3. The minimum absolute atomic E-state index is 0.230. The zero-order valence-corrected chi connectivity index (χ0v) is 10.7. The van der Waals surface area contributed by atoms with Crippen LogP contribution in [-0.4, -0.2) is 23.7 Å². The first-order chi connectivity index (χ1) is 8.52. The van der Waals surface area contributed by atoms with Gasteiger partial charge in [-0.15, -0.1) is 0 Å². The summed E-state index contributed by atoms with van der Waals surface area (Å²) in [5.74, 6) is 0.119.